The van der Waals surface area contributed by atoms with Crippen molar-refractivity contribution >= 4 is 11.6 Å². The topological polar surface area (TPSA) is 57.8 Å². The third-order valence-corrected chi connectivity index (χ3v) is 3.59. The average Bonchev–Trinajstić information content (AvgIpc) is 2.79. The first-order valence-electron chi connectivity index (χ1n) is 6.90. The lowest BCUT2D eigenvalue weighted by molar-refractivity contribution is -0.138. The lowest BCUT2D eigenvalue weighted by atomic mass is 10.2. The normalized spacial score (nSPS) is 13.0. The molecule has 0 spiro atoms. The molecule has 1 unspecified atom stereocenters. The molecule has 2 aromatic rings. The van der Waals surface area contributed by atoms with Gasteiger partial charge in [-0.3, -0.25) is 9.69 Å². The number of hydrogen-bond acceptors (Lipinski definition) is 3. The first kappa shape index (κ1) is 14.5. The quantitative estimate of drug-likeness (QED) is 0.879. The van der Waals surface area contributed by atoms with Gasteiger partial charge in [-0.05, 0) is 32.0 Å². The molecule has 2 aromatic heterocycles. The Morgan fingerprint density at radius 3 is 2.90 bits per heavy atom. The Morgan fingerprint density at radius 2 is 2.30 bits per heavy atom. The zero-order chi connectivity index (χ0) is 14.7. The van der Waals surface area contributed by atoms with Gasteiger partial charge in [-0.15, -0.1) is 0 Å². The van der Waals surface area contributed by atoms with Crippen LogP contribution in [0.5, 0.6) is 0 Å². The van der Waals surface area contributed by atoms with Gasteiger partial charge < -0.3 is 9.51 Å². The van der Waals surface area contributed by atoms with Gasteiger partial charge in [-0.1, -0.05) is 13.0 Å². The molecular weight excluding hydrogens is 254 g/mol. The SMILES string of the molecule is CCN(Cc1cn2cccc(C)c2n1)C(C)CC(=O)O. The van der Waals surface area contributed by atoms with E-state index >= 15 is 0 Å². The summed E-state index contributed by atoms with van der Waals surface area (Å²) in [6, 6.07) is 4.04. The summed E-state index contributed by atoms with van der Waals surface area (Å²) in [4.78, 5) is 17.6. The van der Waals surface area contributed by atoms with E-state index in [1.165, 1.54) is 0 Å². The van der Waals surface area contributed by atoms with Crippen molar-refractivity contribution < 1.29 is 9.90 Å². The van der Waals surface area contributed by atoms with Gasteiger partial charge in [0.25, 0.3) is 0 Å². The molecule has 1 atom stereocenters. The van der Waals surface area contributed by atoms with Crippen molar-refractivity contribution in [2.24, 2.45) is 0 Å². The highest BCUT2D eigenvalue weighted by Crippen LogP contribution is 2.13. The third kappa shape index (κ3) is 3.17. The molecule has 0 fully saturated rings. The second-order valence-electron chi connectivity index (χ2n) is 5.16. The van der Waals surface area contributed by atoms with Gasteiger partial charge in [0.15, 0.2) is 0 Å². The second kappa shape index (κ2) is 6.05. The van der Waals surface area contributed by atoms with Crippen molar-refractivity contribution in [3.05, 3.63) is 35.8 Å². The minimum absolute atomic E-state index is 0.00316. The van der Waals surface area contributed by atoms with Gasteiger partial charge in [-0.2, -0.15) is 0 Å². The van der Waals surface area contributed by atoms with Crippen molar-refractivity contribution in [3.63, 3.8) is 0 Å². The van der Waals surface area contributed by atoms with Gasteiger partial charge in [0.1, 0.15) is 5.65 Å². The van der Waals surface area contributed by atoms with E-state index in [1.54, 1.807) is 0 Å². The molecule has 0 radical (unpaired) electrons. The van der Waals surface area contributed by atoms with Gasteiger partial charge in [0.05, 0.1) is 12.1 Å². The molecule has 0 aliphatic carbocycles. The molecule has 1 N–H and O–H groups in total. The molecule has 108 valence electrons. The number of carboxylic acid groups (broad SMARTS) is 1. The fourth-order valence-corrected chi connectivity index (χ4v) is 2.45. The number of carboxylic acids is 1. The van der Waals surface area contributed by atoms with Gasteiger partial charge >= 0.3 is 5.97 Å². The number of aliphatic carboxylic acids is 1. The van der Waals surface area contributed by atoms with Crippen LogP contribution in [0.25, 0.3) is 5.65 Å². The molecule has 0 amide bonds. The number of aromatic nitrogens is 2. The van der Waals surface area contributed by atoms with Gasteiger partial charge in [0, 0.05) is 25.0 Å². The van der Waals surface area contributed by atoms with E-state index in [0.29, 0.717) is 6.54 Å². The van der Waals surface area contributed by atoms with Crippen LogP contribution in [0.15, 0.2) is 24.5 Å². The number of pyridine rings is 1. The first-order valence-corrected chi connectivity index (χ1v) is 6.90. The Kier molecular flexibility index (Phi) is 4.39. The monoisotopic (exact) mass is 275 g/mol. The van der Waals surface area contributed by atoms with Crippen LogP contribution in [0.2, 0.25) is 0 Å². The number of imidazole rings is 1. The van der Waals surface area contributed by atoms with Crippen LogP contribution in [0.3, 0.4) is 0 Å². The Labute approximate surface area is 118 Å². The highest BCUT2D eigenvalue weighted by Gasteiger charge is 2.17. The molecule has 20 heavy (non-hydrogen) atoms. The molecule has 0 saturated carbocycles. The molecule has 0 bridgehead atoms. The molecule has 2 rings (SSSR count). The van der Waals surface area contributed by atoms with E-state index < -0.39 is 5.97 Å². The minimum atomic E-state index is -0.762. The molecule has 0 saturated heterocycles. The molecule has 5 nitrogen and oxygen atoms in total. The van der Waals surface area contributed by atoms with E-state index in [0.717, 1.165) is 23.4 Å². The maximum absolute atomic E-state index is 10.8. The van der Waals surface area contributed by atoms with Gasteiger partial charge in [-0.25, -0.2) is 4.98 Å². The standard InChI is InChI=1S/C15H21N3O2/c1-4-17(12(3)8-14(19)20)9-13-10-18-7-5-6-11(2)15(18)16-13/h5-7,10,12H,4,8-9H2,1-3H3,(H,19,20). The summed E-state index contributed by atoms with van der Waals surface area (Å²) in [6.45, 7) is 7.50. The molecule has 0 aromatic carbocycles. The summed E-state index contributed by atoms with van der Waals surface area (Å²) >= 11 is 0. The van der Waals surface area contributed by atoms with Crippen molar-refractivity contribution in [2.45, 2.75) is 39.8 Å². The van der Waals surface area contributed by atoms with Crippen molar-refractivity contribution in [1.82, 2.24) is 14.3 Å². The van der Waals surface area contributed by atoms with Crippen LogP contribution in [-0.4, -0.2) is 37.9 Å². The zero-order valence-electron chi connectivity index (χ0n) is 12.2. The van der Waals surface area contributed by atoms with Crippen LogP contribution >= 0.6 is 0 Å². The average molecular weight is 275 g/mol. The van der Waals surface area contributed by atoms with E-state index in [1.807, 2.05) is 49.7 Å². The fraction of sp³-hybridized carbons (Fsp3) is 0.467. The summed E-state index contributed by atoms with van der Waals surface area (Å²) in [7, 11) is 0. The number of hydrogen-bond donors (Lipinski definition) is 1. The highest BCUT2D eigenvalue weighted by molar-refractivity contribution is 5.67. The highest BCUT2D eigenvalue weighted by atomic mass is 16.4. The number of nitrogens with zero attached hydrogens (tertiary/aromatic N) is 3. The Bertz CT molecular complexity index is 606. The van der Waals surface area contributed by atoms with E-state index in [9.17, 15) is 4.79 Å². The fourth-order valence-electron chi connectivity index (χ4n) is 2.45. The minimum Gasteiger partial charge on any atom is -0.481 e. The van der Waals surface area contributed by atoms with Crippen molar-refractivity contribution in [1.29, 1.82) is 0 Å². The van der Waals surface area contributed by atoms with Crippen molar-refractivity contribution in [2.75, 3.05) is 6.54 Å². The Morgan fingerprint density at radius 1 is 1.55 bits per heavy atom. The molecule has 5 heteroatoms. The summed E-state index contributed by atoms with van der Waals surface area (Å²) in [6.07, 6.45) is 4.15. The summed E-state index contributed by atoms with van der Waals surface area (Å²) in [5, 5.41) is 8.90. The lowest BCUT2D eigenvalue weighted by Crippen LogP contribution is -2.34. The van der Waals surface area contributed by atoms with Crippen LogP contribution in [-0.2, 0) is 11.3 Å². The number of aryl methyl sites for hydroxylation is 1. The maximum atomic E-state index is 10.8. The van der Waals surface area contributed by atoms with Crippen LogP contribution < -0.4 is 0 Å². The smallest absolute Gasteiger partial charge is 0.304 e. The van der Waals surface area contributed by atoms with E-state index in [-0.39, 0.29) is 12.5 Å². The van der Waals surface area contributed by atoms with Gasteiger partial charge in [0.2, 0.25) is 0 Å². The predicted molar refractivity (Wildman–Crippen MR) is 77.7 cm³/mol. The summed E-state index contributed by atoms with van der Waals surface area (Å²) in [5.41, 5.74) is 3.07. The van der Waals surface area contributed by atoms with E-state index in [4.69, 9.17) is 5.11 Å². The third-order valence-electron chi connectivity index (χ3n) is 3.59. The number of carbonyl (C=O) groups is 1. The molecule has 0 aliphatic rings. The Hall–Kier alpha value is -1.88. The Balaban J connectivity index is 2.17. The largest absolute Gasteiger partial charge is 0.481 e. The number of fused-ring (bicyclic) bond motifs is 1. The summed E-state index contributed by atoms with van der Waals surface area (Å²) in [5.74, 6) is -0.762. The summed E-state index contributed by atoms with van der Waals surface area (Å²) < 4.78 is 2.01. The second-order valence-corrected chi connectivity index (χ2v) is 5.16. The van der Waals surface area contributed by atoms with Crippen molar-refractivity contribution in [3.8, 4) is 0 Å². The first-order chi connectivity index (χ1) is 9.51. The molecular formula is C15H21N3O2. The lowest BCUT2D eigenvalue weighted by Gasteiger charge is -2.25. The van der Waals surface area contributed by atoms with Crippen LogP contribution in [0.1, 0.15) is 31.5 Å². The molecule has 0 aliphatic heterocycles. The van der Waals surface area contributed by atoms with E-state index in [2.05, 4.69) is 9.88 Å². The zero-order valence-corrected chi connectivity index (χ0v) is 12.2. The van der Waals surface area contributed by atoms with Crippen LogP contribution in [0, 0.1) is 6.92 Å². The number of rotatable bonds is 6. The predicted octanol–water partition coefficient (Wildman–Crippen LogP) is 2.33. The maximum Gasteiger partial charge on any atom is 0.304 e. The van der Waals surface area contributed by atoms with Crippen LogP contribution in [0.4, 0.5) is 0 Å². The molecule has 2 heterocycles.